The van der Waals surface area contributed by atoms with Crippen LogP contribution in [0.1, 0.15) is 29.7 Å². The molecule has 2 aromatic carbocycles. The van der Waals surface area contributed by atoms with E-state index in [9.17, 15) is 14.4 Å². The Kier molecular flexibility index (Phi) is 10.3. The van der Waals surface area contributed by atoms with Gasteiger partial charge in [0, 0.05) is 84.9 Å². The molecule has 5 aromatic rings. The van der Waals surface area contributed by atoms with Crippen molar-refractivity contribution in [1.82, 2.24) is 29.9 Å². The zero-order valence-corrected chi connectivity index (χ0v) is 30.6. The SMILES string of the molecule is COC(=O)C1CN(Cc2cnc3cc(-c4cccc(-c5cccc(-c6ccc(CNC[C@@H]7CCC(=O)N7)c(OC)n6)c5Cl)c4Cl)cc(C)n3c2=O)C1. The number of fused-ring (bicyclic) bond motifs is 1. The van der Waals surface area contributed by atoms with Gasteiger partial charge in [-0.25, -0.2) is 9.97 Å². The maximum absolute atomic E-state index is 13.5. The molecule has 0 unspecified atom stereocenters. The quantitative estimate of drug-likeness (QED) is 0.164. The molecular weight excluding hydrogens is 703 g/mol. The highest BCUT2D eigenvalue weighted by atomic mass is 35.5. The number of nitrogens with one attached hydrogen (secondary N) is 2. The molecule has 1 atom stereocenters. The summed E-state index contributed by atoms with van der Waals surface area (Å²) in [7, 11) is 2.97. The number of benzene rings is 2. The first-order valence-corrected chi connectivity index (χ1v) is 17.8. The highest BCUT2D eigenvalue weighted by molar-refractivity contribution is 6.39. The minimum absolute atomic E-state index is 0.0906. The lowest BCUT2D eigenvalue weighted by molar-refractivity contribution is -0.151. The van der Waals surface area contributed by atoms with Crippen LogP contribution in [0.25, 0.3) is 39.2 Å². The van der Waals surface area contributed by atoms with Gasteiger partial charge in [-0.2, -0.15) is 0 Å². The molecule has 7 rings (SSSR count). The highest BCUT2D eigenvalue weighted by Gasteiger charge is 2.33. The van der Waals surface area contributed by atoms with Crippen LogP contribution in [0.5, 0.6) is 5.88 Å². The van der Waals surface area contributed by atoms with Crippen LogP contribution in [0.2, 0.25) is 10.0 Å². The Morgan fingerprint density at radius 3 is 2.37 bits per heavy atom. The molecule has 2 N–H and O–H groups in total. The zero-order valence-electron chi connectivity index (χ0n) is 29.0. The molecule has 0 bridgehead atoms. The summed E-state index contributed by atoms with van der Waals surface area (Å²) < 4.78 is 12.1. The average Bonchev–Trinajstić information content (AvgIpc) is 3.55. The van der Waals surface area contributed by atoms with Gasteiger partial charge in [0.1, 0.15) is 5.65 Å². The predicted octanol–water partition coefficient (Wildman–Crippen LogP) is 5.69. The number of likely N-dealkylation sites (tertiary alicyclic amines) is 1. The summed E-state index contributed by atoms with van der Waals surface area (Å²) in [6.45, 7) is 4.58. The summed E-state index contributed by atoms with van der Waals surface area (Å²) >= 11 is 14.3. The monoisotopic (exact) mass is 740 g/mol. The smallest absolute Gasteiger partial charge is 0.311 e. The fourth-order valence-corrected chi connectivity index (χ4v) is 7.64. The van der Waals surface area contributed by atoms with Crippen LogP contribution in [-0.2, 0) is 27.4 Å². The number of amides is 1. The third-order valence-electron chi connectivity index (χ3n) is 9.75. The fraction of sp³-hybridized carbons (Fsp3) is 0.308. The van der Waals surface area contributed by atoms with E-state index in [0.717, 1.165) is 39.8 Å². The van der Waals surface area contributed by atoms with Crippen molar-refractivity contribution in [3.63, 3.8) is 0 Å². The van der Waals surface area contributed by atoms with Gasteiger partial charge in [0.2, 0.25) is 11.8 Å². The first-order valence-electron chi connectivity index (χ1n) is 17.1. The minimum Gasteiger partial charge on any atom is -0.481 e. The van der Waals surface area contributed by atoms with Gasteiger partial charge in [0.25, 0.3) is 5.56 Å². The van der Waals surface area contributed by atoms with Crippen molar-refractivity contribution in [2.45, 2.75) is 38.9 Å². The van der Waals surface area contributed by atoms with Gasteiger partial charge in [-0.05, 0) is 37.1 Å². The topological polar surface area (TPSA) is 127 Å². The number of esters is 1. The second-order valence-electron chi connectivity index (χ2n) is 13.2. The maximum Gasteiger partial charge on any atom is 0.311 e. The molecule has 3 aromatic heterocycles. The Balaban J connectivity index is 1.13. The number of methoxy groups -OCH3 is 2. The molecule has 2 aliphatic rings. The first-order chi connectivity index (χ1) is 25.1. The number of aromatic nitrogens is 3. The Morgan fingerprint density at radius 1 is 0.962 bits per heavy atom. The third kappa shape index (κ3) is 7.01. The fourth-order valence-electron chi connectivity index (χ4n) is 6.98. The summed E-state index contributed by atoms with van der Waals surface area (Å²) in [5, 5.41) is 7.36. The van der Waals surface area contributed by atoms with Crippen molar-refractivity contribution in [3.05, 3.63) is 104 Å². The Morgan fingerprint density at radius 2 is 1.67 bits per heavy atom. The molecule has 13 heteroatoms. The lowest BCUT2D eigenvalue weighted by atomic mass is 9.96. The van der Waals surface area contributed by atoms with Gasteiger partial charge in [-0.15, -0.1) is 0 Å². The van der Waals surface area contributed by atoms with Crippen molar-refractivity contribution in [2.24, 2.45) is 5.92 Å². The molecule has 0 saturated carbocycles. The molecule has 0 spiro atoms. The number of halogens is 2. The van der Waals surface area contributed by atoms with Gasteiger partial charge in [-0.3, -0.25) is 23.7 Å². The Labute approximate surface area is 310 Å². The lowest BCUT2D eigenvalue weighted by Crippen LogP contribution is -2.50. The summed E-state index contributed by atoms with van der Waals surface area (Å²) in [6.07, 6.45) is 3.00. The standard InChI is InChI=1S/C39H38Cl2N6O5/c1-22-14-24(15-33-43-17-25(38(49)47(22)33)19-46-20-26(21-46)39(50)52-3)28-6-4-7-29(35(28)40)30-8-5-9-31(36(30)41)32-12-10-23(37(45-32)51-2)16-42-18-27-11-13-34(48)44-27/h4-10,12,14-15,17,26-27,42H,11,13,16,18-21H2,1-3H3,(H,44,48)/t27-/m0/s1. The molecule has 1 amide bonds. The van der Waals surface area contributed by atoms with Crippen LogP contribution in [0.3, 0.4) is 0 Å². The normalized spacial score (nSPS) is 16.2. The van der Waals surface area contributed by atoms with E-state index in [1.54, 1.807) is 17.7 Å². The summed E-state index contributed by atoms with van der Waals surface area (Å²) in [5.74, 6) is 0.184. The lowest BCUT2D eigenvalue weighted by Gasteiger charge is -2.37. The maximum atomic E-state index is 13.5. The molecule has 0 aliphatic carbocycles. The Bertz CT molecular complexity index is 2250. The van der Waals surface area contributed by atoms with Gasteiger partial charge in [0.05, 0.1) is 41.4 Å². The number of nitrogens with zero attached hydrogens (tertiary/aromatic N) is 4. The molecular formula is C39H38Cl2N6O5. The van der Waals surface area contributed by atoms with Crippen LogP contribution in [0, 0.1) is 12.8 Å². The average molecular weight is 742 g/mol. The zero-order chi connectivity index (χ0) is 36.5. The number of pyridine rings is 2. The van der Waals surface area contributed by atoms with E-state index in [4.69, 9.17) is 37.7 Å². The van der Waals surface area contributed by atoms with Crippen molar-refractivity contribution in [1.29, 1.82) is 0 Å². The second kappa shape index (κ2) is 15.0. The van der Waals surface area contributed by atoms with Gasteiger partial charge < -0.3 is 20.1 Å². The van der Waals surface area contributed by atoms with Crippen molar-refractivity contribution < 1.29 is 19.1 Å². The van der Waals surface area contributed by atoms with E-state index in [1.807, 2.05) is 72.5 Å². The molecule has 0 radical (unpaired) electrons. The highest BCUT2D eigenvalue weighted by Crippen LogP contribution is 2.42. The molecule has 2 aliphatic heterocycles. The van der Waals surface area contributed by atoms with Gasteiger partial charge in [0.15, 0.2) is 0 Å². The van der Waals surface area contributed by atoms with Crippen LogP contribution < -0.4 is 20.9 Å². The number of aryl methyl sites for hydroxylation is 1. The third-order valence-corrected chi connectivity index (χ3v) is 10.6. The molecule has 52 heavy (non-hydrogen) atoms. The minimum atomic E-state index is -0.230. The van der Waals surface area contributed by atoms with Crippen LogP contribution in [0.4, 0.5) is 0 Å². The summed E-state index contributed by atoms with van der Waals surface area (Å²) in [6, 6.07) is 19.3. The second-order valence-corrected chi connectivity index (χ2v) is 14.0. The summed E-state index contributed by atoms with van der Waals surface area (Å²) in [4.78, 5) is 48.3. The van der Waals surface area contributed by atoms with Crippen molar-refractivity contribution in [3.8, 4) is 39.4 Å². The first kappa shape index (κ1) is 35.6. The number of hydrogen-bond acceptors (Lipinski definition) is 9. The number of hydrogen-bond donors (Lipinski definition) is 2. The van der Waals surface area contributed by atoms with Crippen molar-refractivity contribution in [2.75, 3.05) is 33.9 Å². The summed E-state index contributed by atoms with van der Waals surface area (Å²) in [5.41, 5.74) is 6.98. The molecule has 5 heterocycles. The molecule has 2 fully saturated rings. The van der Waals surface area contributed by atoms with E-state index in [1.165, 1.54) is 7.11 Å². The van der Waals surface area contributed by atoms with Gasteiger partial charge >= 0.3 is 5.97 Å². The number of carbonyl (C=O) groups excluding carboxylic acids is 2. The largest absolute Gasteiger partial charge is 0.481 e. The van der Waals surface area contributed by atoms with E-state index < -0.39 is 0 Å². The van der Waals surface area contributed by atoms with E-state index in [2.05, 4.69) is 15.6 Å². The van der Waals surface area contributed by atoms with Crippen LogP contribution in [-0.4, -0.2) is 71.0 Å². The van der Waals surface area contributed by atoms with Crippen LogP contribution >= 0.6 is 23.2 Å². The van der Waals surface area contributed by atoms with E-state index in [0.29, 0.717) is 77.7 Å². The predicted molar refractivity (Wildman–Crippen MR) is 201 cm³/mol. The molecule has 11 nitrogen and oxygen atoms in total. The number of ether oxygens (including phenoxy) is 2. The van der Waals surface area contributed by atoms with Crippen molar-refractivity contribution >= 4 is 40.7 Å². The number of carbonyl (C=O) groups is 2. The molecule has 2 saturated heterocycles. The van der Waals surface area contributed by atoms with Crippen LogP contribution in [0.15, 0.2) is 71.7 Å². The number of rotatable bonds is 11. The van der Waals surface area contributed by atoms with Gasteiger partial charge in [-0.1, -0.05) is 65.7 Å². The Hall–Kier alpha value is -4.81. The molecule has 268 valence electrons. The van der Waals surface area contributed by atoms with E-state index >= 15 is 0 Å². The van der Waals surface area contributed by atoms with E-state index in [-0.39, 0.29) is 29.4 Å².